The molecule has 0 amide bonds. The molecule has 0 spiro atoms. The number of nitrogens with two attached hydrogens (primary N) is 1. The van der Waals surface area contributed by atoms with Crippen molar-refractivity contribution < 1.29 is 4.39 Å². The van der Waals surface area contributed by atoms with E-state index in [0.717, 1.165) is 5.56 Å². The van der Waals surface area contributed by atoms with Crippen molar-refractivity contribution in [3.05, 3.63) is 40.4 Å². The van der Waals surface area contributed by atoms with Gasteiger partial charge in [-0.15, -0.1) is 0 Å². The summed E-state index contributed by atoms with van der Waals surface area (Å²) in [6.07, 6.45) is 0.667. The van der Waals surface area contributed by atoms with Gasteiger partial charge in [-0.05, 0) is 25.1 Å². The summed E-state index contributed by atoms with van der Waals surface area (Å²) < 4.78 is 13.4. The molecule has 0 saturated heterocycles. The van der Waals surface area contributed by atoms with E-state index in [-0.39, 0.29) is 0 Å². The van der Waals surface area contributed by atoms with Crippen LogP contribution in [0, 0.1) is 12.7 Å². The fourth-order valence-corrected chi connectivity index (χ4v) is 1.93. The Hall–Kier alpha value is -1.68. The Morgan fingerprint density at radius 1 is 1.28 bits per heavy atom. The SMILES string of the molecule is CCc1nc(N)c(C)c(-c2cc(F)cc(Cl)c2)n1. The molecule has 0 radical (unpaired) electrons. The van der Waals surface area contributed by atoms with E-state index < -0.39 is 5.82 Å². The zero-order valence-corrected chi connectivity index (χ0v) is 10.9. The van der Waals surface area contributed by atoms with Crippen molar-refractivity contribution >= 4 is 17.4 Å². The van der Waals surface area contributed by atoms with Gasteiger partial charge in [-0.1, -0.05) is 18.5 Å². The number of nitrogen functional groups attached to an aromatic ring is 1. The summed E-state index contributed by atoms with van der Waals surface area (Å²) in [7, 11) is 0. The van der Waals surface area contributed by atoms with E-state index in [1.165, 1.54) is 12.1 Å². The summed E-state index contributed by atoms with van der Waals surface area (Å²) in [5, 5.41) is 0.333. The van der Waals surface area contributed by atoms with Gasteiger partial charge in [0.1, 0.15) is 17.5 Å². The molecule has 2 aromatic rings. The third-order valence-electron chi connectivity index (χ3n) is 2.68. The smallest absolute Gasteiger partial charge is 0.131 e. The van der Waals surface area contributed by atoms with Gasteiger partial charge in [0.05, 0.1) is 5.69 Å². The van der Waals surface area contributed by atoms with E-state index in [4.69, 9.17) is 17.3 Å². The minimum atomic E-state index is -0.396. The third-order valence-corrected chi connectivity index (χ3v) is 2.90. The van der Waals surface area contributed by atoms with Gasteiger partial charge < -0.3 is 5.73 Å². The van der Waals surface area contributed by atoms with Crippen LogP contribution in [0.2, 0.25) is 5.02 Å². The van der Waals surface area contributed by atoms with Gasteiger partial charge >= 0.3 is 0 Å². The molecular weight excluding hydrogens is 253 g/mol. The third kappa shape index (κ3) is 2.43. The molecule has 0 aliphatic rings. The van der Waals surface area contributed by atoms with Gasteiger partial charge in [0.15, 0.2) is 0 Å². The number of rotatable bonds is 2. The van der Waals surface area contributed by atoms with Crippen molar-refractivity contribution in [1.82, 2.24) is 9.97 Å². The highest BCUT2D eigenvalue weighted by atomic mass is 35.5. The Labute approximate surface area is 110 Å². The topological polar surface area (TPSA) is 51.8 Å². The molecule has 0 saturated carbocycles. The number of aryl methyl sites for hydroxylation is 1. The lowest BCUT2D eigenvalue weighted by Crippen LogP contribution is -2.04. The first-order valence-electron chi connectivity index (χ1n) is 5.60. The molecule has 0 fully saturated rings. The van der Waals surface area contributed by atoms with Crippen molar-refractivity contribution in [2.45, 2.75) is 20.3 Å². The van der Waals surface area contributed by atoms with Crippen molar-refractivity contribution in [2.24, 2.45) is 0 Å². The van der Waals surface area contributed by atoms with Gasteiger partial charge in [0.2, 0.25) is 0 Å². The second-order valence-corrected chi connectivity index (χ2v) is 4.45. The minimum absolute atomic E-state index is 0.333. The second kappa shape index (κ2) is 4.90. The van der Waals surface area contributed by atoms with Crippen LogP contribution in [0.3, 0.4) is 0 Å². The van der Waals surface area contributed by atoms with Crippen molar-refractivity contribution in [2.75, 3.05) is 5.73 Å². The van der Waals surface area contributed by atoms with E-state index in [1.54, 1.807) is 6.07 Å². The van der Waals surface area contributed by atoms with Crippen LogP contribution < -0.4 is 5.73 Å². The van der Waals surface area contributed by atoms with E-state index in [0.29, 0.717) is 34.3 Å². The second-order valence-electron chi connectivity index (χ2n) is 4.01. The molecule has 5 heteroatoms. The first kappa shape index (κ1) is 12.8. The van der Waals surface area contributed by atoms with Crippen LogP contribution >= 0.6 is 11.6 Å². The number of halogens is 2. The Kier molecular flexibility index (Phi) is 3.48. The molecule has 1 aromatic heterocycles. The van der Waals surface area contributed by atoms with Gasteiger partial charge in [-0.25, -0.2) is 14.4 Å². The van der Waals surface area contributed by atoms with Crippen LogP contribution in [0.5, 0.6) is 0 Å². The van der Waals surface area contributed by atoms with Crippen molar-refractivity contribution in [3.63, 3.8) is 0 Å². The maximum atomic E-state index is 13.4. The first-order chi connectivity index (χ1) is 8.51. The molecule has 0 atom stereocenters. The zero-order chi connectivity index (χ0) is 13.3. The van der Waals surface area contributed by atoms with Gasteiger partial charge in [-0.3, -0.25) is 0 Å². The number of nitrogens with zero attached hydrogens (tertiary/aromatic N) is 2. The molecule has 1 heterocycles. The van der Waals surface area contributed by atoms with E-state index in [2.05, 4.69) is 9.97 Å². The average molecular weight is 266 g/mol. The van der Waals surface area contributed by atoms with Gasteiger partial charge in [-0.2, -0.15) is 0 Å². The normalized spacial score (nSPS) is 10.7. The van der Waals surface area contributed by atoms with E-state index in [9.17, 15) is 4.39 Å². The van der Waals surface area contributed by atoms with Crippen LogP contribution in [-0.4, -0.2) is 9.97 Å². The highest BCUT2D eigenvalue weighted by Crippen LogP contribution is 2.27. The van der Waals surface area contributed by atoms with E-state index in [1.807, 2.05) is 13.8 Å². The summed E-state index contributed by atoms with van der Waals surface area (Å²) in [6, 6.07) is 4.31. The highest BCUT2D eigenvalue weighted by molar-refractivity contribution is 6.30. The molecule has 0 aliphatic carbocycles. The van der Waals surface area contributed by atoms with Gasteiger partial charge in [0.25, 0.3) is 0 Å². The molecular formula is C13H13ClFN3. The predicted molar refractivity (Wildman–Crippen MR) is 71.0 cm³/mol. The summed E-state index contributed by atoms with van der Waals surface area (Å²) in [4.78, 5) is 8.55. The molecule has 0 aliphatic heterocycles. The number of benzene rings is 1. The Bertz CT molecular complexity index is 579. The minimum Gasteiger partial charge on any atom is -0.383 e. The zero-order valence-electron chi connectivity index (χ0n) is 10.2. The molecule has 0 unspecified atom stereocenters. The van der Waals surface area contributed by atoms with Crippen LogP contribution in [0.4, 0.5) is 10.2 Å². The molecule has 1 aromatic carbocycles. The van der Waals surface area contributed by atoms with E-state index >= 15 is 0 Å². The summed E-state index contributed by atoms with van der Waals surface area (Å²) in [5.41, 5.74) is 7.80. The predicted octanol–water partition coefficient (Wildman–Crippen LogP) is 3.39. The molecule has 2 N–H and O–H groups in total. The molecule has 18 heavy (non-hydrogen) atoms. The standard InChI is InChI=1S/C13H13ClFN3/c1-3-11-17-12(7(2)13(16)18-11)8-4-9(14)6-10(15)5-8/h4-6H,3H2,1-2H3,(H2,16,17,18). The molecule has 0 bridgehead atoms. The summed E-state index contributed by atoms with van der Waals surface area (Å²) >= 11 is 5.85. The summed E-state index contributed by atoms with van der Waals surface area (Å²) in [5.74, 6) is 0.651. The van der Waals surface area contributed by atoms with Crippen molar-refractivity contribution in [1.29, 1.82) is 0 Å². The van der Waals surface area contributed by atoms with Crippen molar-refractivity contribution in [3.8, 4) is 11.3 Å². The maximum Gasteiger partial charge on any atom is 0.131 e. The Morgan fingerprint density at radius 3 is 2.61 bits per heavy atom. The quantitative estimate of drug-likeness (QED) is 0.906. The lowest BCUT2D eigenvalue weighted by molar-refractivity contribution is 0.628. The van der Waals surface area contributed by atoms with Crippen LogP contribution in [-0.2, 0) is 6.42 Å². The Morgan fingerprint density at radius 2 is 2.00 bits per heavy atom. The maximum absolute atomic E-state index is 13.4. The monoisotopic (exact) mass is 265 g/mol. The number of anilines is 1. The Balaban J connectivity index is 2.65. The fourth-order valence-electron chi connectivity index (χ4n) is 1.71. The molecule has 94 valence electrons. The molecule has 2 rings (SSSR count). The van der Waals surface area contributed by atoms with Crippen LogP contribution in [0.15, 0.2) is 18.2 Å². The fraction of sp³-hybridized carbons (Fsp3) is 0.231. The van der Waals surface area contributed by atoms with Crippen LogP contribution in [0.1, 0.15) is 18.3 Å². The first-order valence-corrected chi connectivity index (χ1v) is 5.98. The number of aromatic nitrogens is 2. The molecule has 3 nitrogen and oxygen atoms in total. The highest BCUT2D eigenvalue weighted by Gasteiger charge is 2.11. The summed E-state index contributed by atoms with van der Waals surface area (Å²) in [6.45, 7) is 3.75. The average Bonchev–Trinajstić information content (AvgIpc) is 2.31. The lowest BCUT2D eigenvalue weighted by Gasteiger charge is -2.10. The van der Waals surface area contributed by atoms with Gasteiger partial charge in [0, 0.05) is 22.6 Å². The number of hydrogen-bond acceptors (Lipinski definition) is 3. The largest absolute Gasteiger partial charge is 0.383 e. The lowest BCUT2D eigenvalue weighted by atomic mass is 10.1. The number of hydrogen-bond donors (Lipinski definition) is 1. The van der Waals surface area contributed by atoms with Crippen LogP contribution in [0.25, 0.3) is 11.3 Å².